The number of thiophene rings is 1. The molecule has 1 aromatic heterocycles. The second-order valence-corrected chi connectivity index (χ2v) is 9.92. The van der Waals surface area contributed by atoms with E-state index in [4.69, 9.17) is 0 Å². The number of carboxylic acid groups (broad SMARTS) is 1. The van der Waals surface area contributed by atoms with Crippen LogP contribution in [0.4, 0.5) is 5.00 Å². The largest absolute Gasteiger partial charge is 0.478 e. The Kier molecular flexibility index (Phi) is 3.69. The number of rotatable bonds is 3. The Labute approximate surface area is 157 Å². The van der Waals surface area contributed by atoms with Gasteiger partial charge < -0.3 is 10.4 Å². The summed E-state index contributed by atoms with van der Waals surface area (Å²) in [5.74, 6) is -0.999. The topological polar surface area (TPSA) is 83.5 Å². The minimum atomic E-state index is -0.977. The molecule has 140 valence electrons. The summed E-state index contributed by atoms with van der Waals surface area (Å²) in [4.78, 5) is 38.9. The van der Waals surface area contributed by atoms with Gasteiger partial charge in [0.15, 0.2) is 0 Å². The Bertz CT molecular complexity index is 839. The van der Waals surface area contributed by atoms with E-state index in [1.807, 2.05) is 20.8 Å². The molecular formula is C20H25NO4S. The Morgan fingerprint density at radius 3 is 2.38 bits per heavy atom. The fourth-order valence-corrected chi connectivity index (χ4v) is 6.74. The molecule has 2 N–H and O–H groups in total. The zero-order valence-electron chi connectivity index (χ0n) is 15.5. The van der Waals surface area contributed by atoms with Gasteiger partial charge in [0.05, 0.1) is 11.0 Å². The molecule has 2 saturated carbocycles. The predicted octanol–water partition coefficient (Wildman–Crippen LogP) is 4.05. The van der Waals surface area contributed by atoms with Gasteiger partial charge in [-0.25, -0.2) is 4.79 Å². The summed E-state index contributed by atoms with van der Waals surface area (Å²) >= 11 is 1.40. The fourth-order valence-electron chi connectivity index (χ4n) is 5.46. The summed E-state index contributed by atoms with van der Waals surface area (Å²) in [6.07, 6.45) is 5.35. The molecule has 2 fully saturated rings. The van der Waals surface area contributed by atoms with Gasteiger partial charge in [-0.2, -0.15) is 0 Å². The molecule has 0 aliphatic heterocycles. The molecule has 5 nitrogen and oxygen atoms in total. The van der Waals surface area contributed by atoms with Crippen LogP contribution in [0.3, 0.4) is 0 Å². The molecule has 1 amide bonds. The van der Waals surface area contributed by atoms with Crippen LogP contribution in [0.5, 0.6) is 0 Å². The van der Waals surface area contributed by atoms with Gasteiger partial charge in [0.1, 0.15) is 10.8 Å². The first-order chi connectivity index (χ1) is 12.1. The van der Waals surface area contributed by atoms with Crippen molar-refractivity contribution in [2.45, 2.75) is 65.7 Å². The highest BCUT2D eigenvalue weighted by Crippen LogP contribution is 2.70. The van der Waals surface area contributed by atoms with E-state index in [9.17, 15) is 19.5 Å². The number of carbonyl (C=O) groups is 3. The van der Waals surface area contributed by atoms with Gasteiger partial charge in [-0.3, -0.25) is 9.59 Å². The van der Waals surface area contributed by atoms with Crippen LogP contribution in [0.2, 0.25) is 0 Å². The maximum absolute atomic E-state index is 13.3. The first kappa shape index (κ1) is 17.7. The number of amides is 1. The van der Waals surface area contributed by atoms with E-state index >= 15 is 0 Å². The van der Waals surface area contributed by atoms with Crippen LogP contribution in [0.15, 0.2) is 0 Å². The van der Waals surface area contributed by atoms with Crippen molar-refractivity contribution in [3.63, 3.8) is 0 Å². The lowest BCUT2D eigenvalue weighted by Crippen LogP contribution is -2.43. The van der Waals surface area contributed by atoms with Gasteiger partial charge in [-0.15, -0.1) is 11.3 Å². The zero-order valence-corrected chi connectivity index (χ0v) is 16.3. The number of Topliss-reactive ketones (excluding diaryl/α,β-unsaturated/α-hetero) is 1. The van der Waals surface area contributed by atoms with E-state index in [1.165, 1.54) is 11.3 Å². The molecule has 1 aromatic rings. The summed E-state index contributed by atoms with van der Waals surface area (Å²) in [5, 5.41) is 13.1. The number of carboxylic acids is 1. The summed E-state index contributed by atoms with van der Waals surface area (Å²) in [7, 11) is 0. The number of fused-ring (bicyclic) bond motifs is 3. The molecule has 0 radical (unpaired) electrons. The standard InChI is InChI=1S/C20H25NO4S/c1-18(2)19(3)8-9-20(18,10-13(19)22)17(25)21-15-14(16(23)24)11-6-4-5-7-12(11)26-15/h4-10H2,1-3H3,(H,21,25)(H,23,24). The zero-order chi connectivity index (χ0) is 18.9. The van der Waals surface area contributed by atoms with Gasteiger partial charge in [-0.05, 0) is 49.5 Å². The van der Waals surface area contributed by atoms with Crippen LogP contribution in [0.25, 0.3) is 0 Å². The normalized spacial score (nSPS) is 31.7. The monoisotopic (exact) mass is 375 g/mol. The van der Waals surface area contributed by atoms with Crippen LogP contribution in [0.1, 0.15) is 73.7 Å². The number of carbonyl (C=O) groups excluding carboxylic acids is 2. The van der Waals surface area contributed by atoms with Crippen molar-refractivity contribution < 1.29 is 19.5 Å². The fraction of sp³-hybridized carbons (Fsp3) is 0.650. The Hall–Kier alpha value is -1.69. The van der Waals surface area contributed by atoms with Crippen molar-refractivity contribution in [1.82, 2.24) is 0 Å². The van der Waals surface area contributed by atoms with Crippen molar-refractivity contribution in [2.24, 2.45) is 16.2 Å². The van der Waals surface area contributed by atoms with Crippen molar-refractivity contribution in [3.05, 3.63) is 16.0 Å². The average molecular weight is 375 g/mol. The molecule has 2 bridgehead atoms. The van der Waals surface area contributed by atoms with Crippen LogP contribution in [-0.4, -0.2) is 22.8 Å². The quantitative estimate of drug-likeness (QED) is 0.835. The van der Waals surface area contributed by atoms with E-state index in [0.29, 0.717) is 11.4 Å². The van der Waals surface area contributed by atoms with Gasteiger partial charge in [0, 0.05) is 16.7 Å². The second kappa shape index (κ2) is 5.41. The average Bonchev–Trinajstić information content (AvgIpc) is 3.08. The van der Waals surface area contributed by atoms with Crippen molar-refractivity contribution in [2.75, 3.05) is 5.32 Å². The molecule has 3 aliphatic rings. The highest BCUT2D eigenvalue weighted by molar-refractivity contribution is 7.17. The lowest BCUT2D eigenvalue weighted by molar-refractivity contribution is -0.131. The summed E-state index contributed by atoms with van der Waals surface area (Å²) in [5.41, 5.74) is -0.480. The van der Waals surface area contributed by atoms with E-state index in [-0.39, 0.29) is 23.7 Å². The van der Waals surface area contributed by atoms with Gasteiger partial charge in [-0.1, -0.05) is 20.8 Å². The number of anilines is 1. The molecule has 0 spiro atoms. The number of hydrogen-bond acceptors (Lipinski definition) is 4. The molecule has 2 unspecified atom stereocenters. The van der Waals surface area contributed by atoms with Crippen LogP contribution in [0, 0.1) is 16.2 Å². The van der Waals surface area contributed by atoms with Crippen LogP contribution in [-0.2, 0) is 22.4 Å². The number of hydrogen-bond donors (Lipinski definition) is 2. The third-order valence-corrected chi connectivity index (χ3v) is 8.96. The predicted molar refractivity (Wildman–Crippen MR) is 99.7 cm³/mol. The third-order valence-electron chi connectivity index (χ3n) is 7.75. The highest BCUT2D eigenvalue weighted by Gasteiger charge is 2.72. The molecular weight excluding hydrogens is 350 g/mol. The maximum atomic E-state index is 13.3. The van der Waals surface area contributed by atoms with Gasteiger partial charge >= 0.3 is 5.97 Å². The summed E-state index contributed by atoms with van der Waals surface area (Å²) in [6.45, 7) is 6.01. The smallest absolute Gasteiger partial charge is 0.339 e. The minimum Gasteiger partial charge on any atom is -0.478 e. The van der Waals surface area contributed by atoms with E-state index in [2.05, 4.69) is 5.32 Å². The number of aryl methyl sites for hydroxylation is 1. The summed E-state index contributed by atoms with van der Waals surface area (Å²) < 4.78 is 0. The van der Waals surface area contributed by atoms with Crippen molar-refractivity contribution >= 4 is 34.0 Å². The highest BCUT2D eigenvalue weighted by atomic mass is 32.1. The molecule has 0 aromatic carbocycles. The number of ketones is 1. The lowest BCUT2D eigenvalue weighted by Gasteiger charge is -2.38. The molecule has 26 heavy (non-hydrogen) atoms. The second-order valence-electron chi connectivity index (χ2n) is 8.81. The van der Waals surface area contributed by atoms with Gasteiger partial charge in [0.25, 0.3) is 0 Å². The maximum Gasteiger partial charge on any atom is 0.339 e. The van der Waals surface area contributed by atoms with Crippen LogP contribution >= 0.6 is 11.3 Å². The molecule has 2 atom stereocenters. The third kappa shape index (κ3) is 1.99. The SMILES string of the molecule is CC12CCC(C(=O)Nc3sc4c(c3C(=O)O)CCCC4)(CC1=O)C2(C)C. The van der Waals surface area contributed by atoms with E-state index in [0.717, 1.165) is 42.5 Å². The molecule has 3 aliphatic carbocycles. The van der Waals surface area contributed by atoms with E-state index in [1.54, 1.807) is 0 Å². The number of aromatic carboxylic acids is 1. The molecule has 4 rings (SSSR count). The Morgan fingerprint density at radius 1 is 1.12 bits per heavy atom. The lowest BCUT2D eigenvalue weighted by atomic mass is 9.64. The minimum absolute atomic E-state index is 0.160. The first-order valence-corrected chi connectivity index (χ1v) is 10.2. The Balaban J connectivity index is 1.71. The Morgan fingerprint density at radius 2 is 1.81 bits per heavy atom. The summed E-state index contributed by atoms with van der Waals surface area (Å²) in [6, 6.07) is 0. The van der Waals surface area contributed by atoms with Crippen molar-refractivity contribution in [1.29, 1.82) is 0 Å². The number of nitrogens with one attached hydrogen (secondary N) is 1. The van der Waals surface area contributed by atoms with Crippen LogP contribution < -0.4 is 5.32 Å². The molecule has 0 saturated heterocycles. The molecule has 6 heteroatoms. The first-order valence-electron chi connectivity index (χ1n) is 9.37. The van der Waals surface area contributed by atoms with Gasteiger partial charge in [0.2, 0.25) is 5.91 Å². The van der Waals surface area contributed by atoms with E-state index < -0.39 is 22.2 Å². The molecule has 1 heterocycles. The van der Waals surface area contributed by atoms with Crippen molar-refractivity contribution in [3.8, 4) is 0 Å².